The Bertz CT molecular complexity index is 946. The molecule has 4 heterocycles. The van der Waals surface area contributed by atoms with Gasteiger partial charge in [0.05, 0.1) is 23.6 Å². The topological polar surface area (TPSA) is 83.9 Å². The fourth-order valence-corrected chi connectivity index (χ4v) is 3.42. The van der Waals surface area contributed by atoms with E-state index in [-0.39, 0.29) is 11.8 Å². The van der Waals surface area contributed by atoms with E-state index in [0.29, 0.717) is 5.82 Å². The van der Waals surface area contributed by atoms with Gasteiger partial charge in [0.2, 0.25) is 5.91 Å². The highest BCUT2D eigenvalue weighted by Crippen LogP contribution is 2.23. The van der Waals surface area contributed by atoms with E-state index in [4.69, 9.17) is 0 Å². The second-order valence-corrected chi connectivity index (χ2v) is 7.00. The molecule has 3 aromatic rings. The van der Waals surface area contributed by atoms with Crippen LogP contribution in [0.4, 0.5) is 5.82 Å². The first-order valence-corrected chi connectivity index (χ1v) is 9.20. The third-order valence-electron chi connectivity index (χ3n) is 5.00. The number of amides is 1. The number of aromatic nitrogens is 4. The molecule has 1 aliphatic heterocycles. The number of likely N-dealkylation sites (tertiary alicyclic amines) is 1. The van der Waals surface area contributed by atoms with Crippen molar-refractivity contribution in [1.29, 1.82) is 0 Å². The van der Waals surface area contributed by atoms with Gasteiger partial charge in [0.15, 0.2) is 0 Å². The zero-order valence-corrected chi connectivity index (χ0v) is 15.3. The number of rotatable bonds is 3. The summed E-state index contributed by atoms with van der Waals surface area (Å²) in [7, 11) is 2.10. The molecule has 1 saturated heterocycles. The Morgan fingerprint density at radius 3 is 2.85 bits per heavy atom. The molecule has 0 aliphatic carbocycles. The molecule has 0 radical (unpaired) electrons. The van der Waals surface area contributed by atoms with E-state index < -0.39 is 0 Å². The van der Waals surface area contributed by atoms with Gasteiger partial charge in [-0.15, -0.1) is 0 Å². The molecule has 1 N–H and O–H groups in total. The van der Waals surface area contributed by atoms with Gasteiger partial charge >= 0.3 is 0 Å². The molecule has 0 saturated carbocycles. The number of nitrogens with zero attached hydrogens (tertiary/aromatic N) is 5. The number of fused-ring (bicyclic) bond motifs is 1. The molecule has 1 fully saturated rings. The van der Waals surface area contributed by atoms with Crippen LogP contribution in [0.1, 0.15) is 19.3 Å². The van der Waals surface area contributed by atoms with E-state index in [1.165, 1.54) is 0 Å². The van der Waals surface area contributed by atoms with Gasteiger partial charge in [0.25, 0.3) is 0 Å². The standard InChI is InChI=1S/C20H22N6O/c1-26-7-2-3-14(4-8-26)20(27)25-19-10-15-9-16(11-23-18(15)13-24-19)17-12-21-5-6-22-17/h5-6,9-14H,2-4,7-8H2,1H3,(H,24,25,27). The lowest BCUT2D eigenvalue weighted by atomic mass is 10.00. The predicted molar refractivity (Wildman–Crippen MR) is 104 cm³/mol. The third-order valence-corrected chi connectivity index (χ3v) is 5.00. The molecule has 1 aliphatic rings. The maximum absolute atomic E-state index is 12.6. The lowest BCUT2D eigenvalue weighted by Gasteiger charge is -2.15. The molecule has 0 aromatic carbocycles. The summed E-state index contributed by atoms with van der Waals surface area (Å²) in [5, 5.41) is 3.89. The predicted octanol–water partition coefficient (Wildman–Crippen LogP) is 2.76. The summed E-state index contributed by atoms with van der Waals surface area (Å²) >= 11 is 0. The monoisotopic (exact) mass is 362 g/mol. The van der Waals surface area contributed by atoms with Crippen molar-refractivity contribution in [3.05, 3.63) is 43.1 Å². The summed E-state index contributed by atoms with van der Waals surface area (Å²) in [6, 6.07) is 3.85. The molecule has 1 unspecified atom stereocenters. The minimum absolute atomic E-state index is 0.0384. The van der Waals surface area contributed by atoms with Crippen LogP contribution in [-0.4, -0.2) is 50.9 Å². The Balaban J connectivity index is 1.54. The SMILES string of the molecule is CN1CCCC(C(=O)Nc2cc3cc(-c4cnccn4)cnc3cn2)CC1. The van der Waals surface area contributed by atoms with E-state index in [1.807, 2.05) is 12.1 Å². The van der Waals surface area contributed by atoms with Crippen LogP contribution in [0.2, 0.25) is 0 Å². The fraction of sp³-hybridized carbons (Fsp3) is 0.350. The van der Waals surface area contributed by atoms with E-state index in [9.17, 15) is 4.79 Å². The minimum atomic E-state index is 0.0384. The van der Waals surface area contributed by atoms with E-state index in [1.54, 1.807) is 31.0 Å². The van der Waals surface area contributed by atoms with Crippen molar-refractivity contribution in [3.63, 3.8) is 0 Å². The first-order valence-electron chi connectivity index (χ1n) is 9.20. The molecule has 0 bridgehead atoms. The summed E-state index contributed by atoms with van der Waals surface area (Å²) in [6.07, 6.45) is 11.3. The van der Waals surface area contributed by atoms with Crippen molar-refractivity contribution in [1.82, 2.24) is 24.8 Å². The highest BCUT2D eigenvalue weighted by molar-refractivity contribution is 5.94. The number of hydrogen-bond donors (Lipinski definition) is 1. The van der Waals surface area contributed by atoms with E-state index in [2.05, 4.69) is 37.2 Å². The number of pyridine rings is 2. The van der Waals surface area contributed by atoms with Gasteiger partial charge in [-0.2, -0.15) is 0 Å². The van der Waals surface area contributed by atoms with Crippen LogP contribution in [0.3, 0.4) is 0 Å². The fourth-order valence-electron chi connectivity index (χ4n) is 3.42. The summed E-state index contributed by atoms with van der Waals surface area (Å²) in [5.74, 6) is 0.648. The molecule has 3 aromatic heterocycles. The van der Waals surface area contributed by atoms with Gasteiger partial charge in [-0.05, 0) is 51.5 Å². The summed E-state index contributed by atoms with van der Waals surface area (Å²) in [5.41, 5.74) is 2.42. The number of hydrogen-bond acceptors (Lipinski definition) is 6. The first kappa shape index (κ1) is 17.5. The molecular weight excluding hydrogens is 340 g/mol. The Kier molecular flexibility index (Phi) is 5.02. The molecule has 1 atom stereocenters. The smallest absolute Gasteiger partial charge is 0.228 e. The van der Waals surface area contributed by atoms with Gasteiger partial charge in [0.1, 0.15) is 5.82 Å². The average molecular weight is 362 g/mol. The van der Waals surface area contributed by atoms with Gasteiger partial charge in [0, 0.05) is 35.5 Å². The van der Waals surface area contributed by atoms with Gasteiger partial charge in [-0.1, -0.05) is 0 Å². The minimum Gasteiger partial charge on any atom is -0.310 e. The summed E-state index contributed by atoms with van der Waals surface area (Å²) < 4.78 is 0. The summed E-state index contributed by atoms with van der Waals surface area (Å²) in [4.78, 5) is 32.1. The Morgan fingerprint density at radius 2 is 2.00 bits per heavy atom. The van der Waals surface area contributed by atoms with Crippen LogP contribution in [-0.2, 0) is 4.79 Å². The van der Waals surface area contributed by atoms with Gasteiger partial charge in [-0.25, -0.2) is 4.98 Å². The maximum Gasteiger partial charge on any atom is 0.228 e. The molecule has 7 nitrogen and oxygen atoms in total. The highest BCUT2D eigenvalue weighted by Gasteiger charge is 2.22. The molecular formula is C20H22N6O. The molecule has 7 heteroatoms. The number of nitrogens with one attached hydrogen (secondary N) is 1. The average Bonchev–Trinajstić information content (AvgIpc) is 2.92. The van der Waals surface area contributed by atoms with Crippen molar-refractivity contribution < 1.29 is 4.79 Å². The Hall–Kier alpha value is -2.93. The second-order valence-electron chi connectivity index (χ2n) is 7.00. The third kappa shape index (κ3) is 4.09. The number of anilines is 1. The number of carbonyl (C=O) groups excluding carboxylic acids is 1. The quantitative estimate of drug-likeness (QED) is 0.771. The van der Waals surface area contributed by atoms with Crippen molar-refractivity contribution in [2.45, 2.75) is 19.3 Å². The van der Waals surface area contributed by atoms with Crippen molar-refractivity contribution in [2.24, 2.45) is 5.92 Å². The summed E-state index contributed by atoms with van der Waals surface area (Å²) in [6.45, 7) is 2.00. The molecule has 0 spiro atoms. The molecule has 1 amide bonds. The lowest BCUT2D eigenvalue weighted by Crippen LogP contribution is -2.25. The Morgan fingerprint density at radius 1 is 1.07 bits per heavy atom. The maximum atomic E-state index is 12.6. The van der Waals surface area contributed by atoms with Crippen molar-refractivity contribution in [2.75, 3.05) is 25.5 Å². The van der Waals surface area contributed by atoms with Crippen LogP contribution < -0.4 is 5.32 Å². The molecule has 4 rings (SSSR count). The van der Waals surface area contributed by atoms with Crippen LogP contribution in [0, 0.1) is 5.92 Å². The zero-order chi connectivity index (χ0) is 18.6. The molecule has 27 heavy (non-hydrogen) atoms. The molecule has 138 valence electrons. The van der Waals surface area contributed by atoms with E-state index >= 15 is 0 Å². The number of carbonyl (C=O) groups is 1. The van der Waals surface area contributed by atoms with Crippen LogP contribution >= 0.6 is 0 Å². The first-order chi connectivity index (χ1) is 13.2. The van der Waals surface area contributed by atoms with Crippen LogP contribution in [0.5, 0.6) is 0 Å². The lowest BCUT2D eigenvalue weighted by molar-refractivity contribution is -0.120. The van der Waals surface area contributed by atoms with Crippen LogP contribution in [0.25, 0.3) is 22.2 Å². The normalized spacial score (nSPS) is 18.2. The van der Waals surface area contributed by atoms with Crippen molar-refractivity contribution in [3.8, 4) is 11.3 Å². The van der Waals surface area contributed by atoms with Crippen LogP contribution in [0.15, 0.2) is 43.1 Å². The van der Waals surface area contributed by atoms with Crippen molar-refractivity contribution >= 4 is 22.6 Å². The second kappa shape index (κ2) is 7.75. The van der Waals surface area contributed by atoms with Gasteiger partial charge in [-0.3, -0.25) is 19.7 Å². The van der Waals surface area contributed by atoms with Gasteiger partial charge < -0.3 is 10.2 Å². The largest absolute Gasteiger partial charge is 0.310 e. The Labute approximate surface area is 157 Å². The highest BCUT2D eigenvalue weighted by atomic mass is 16.1. The zero-order valence-electron chi connectivity index (χ0n) is 15.3. The van der Waals surface area contributed by atoms with E-state index in [0.717, 1.165) is 54.5 Å².